The van der Waals surface area contributed by atoms with E-state index < -0.39 is 0 Å². The Labute approximate surface area is 176 Å². The predicted octanol–water partition coefficient (Wildman–Crippen LogP) is 3.72. The summed E-state index contributed by atoms with van der Waals surface area (Å²) >= 11 is 1.85. The molecule has 0 atom stereocenters. The number of thiophene rings is 1. The van der Waals surface area contributed by atoms with Crippen molar-refractivity contribution >= 4 is 23.2 Å². The molecule has 2 amide bonds. The molecule has 2 aliphatic rings. The quantitative estimate of drug-likeness (QED) is 0.762. The first-order chi connectivity index (χ1) is 14.1. The van der Waals surface area contributed by atoms with Crippen LogP contribution in [0.3, 0.4) is 0 Å². The third-order valence-electron chi connectivity index (χ3n) is 5.90. The number of fused-ring (bicyclic) bond motifs is 2. The van der Waals surface area contributed by atoms with Gasteiger partial charge in [0, 0.05) is 42.7 Å². The summed E-state index contributed by atoms with van der Waals surface area (Å²) in [6.07, 6.45) is 3.84. The average Bonchev–Trinajstić information content (AvgIpc) is 3.18. The number of piperidine rings is 1. The first-order valence-corrected chi connectivity index (χ1v) is 11.2. The fraction of sp³-hybridized carbons (Fsp3) is 0.478. The minimum absolute atomic E-state index is 0.0477. The van der Waals surface area contributed by atoms with Crippen molar-refractivity contribution in [2.75, 3.05) is 26.2 Å². The van der Waals surface area contributed by atoms with Crippen LogP contribution in [0.2, 0.25) is 0 Å². The molecule has 1 aromatic carbocycles. The number of ether oxygens (including phenoxy) is 1. The fourth-order valence-electron chi connectivity index (χ4n) is 4.32. The maximum absolute atomic E-state index is 12.5. The third-order valence-corrected chi connectivity index (χ3v) is 7.31. The van der Waals surface area contributed by atoms with Crippen LogP contribution in [0.5, 0.6) is 0 Å². The van der Waals surface area contributed by atoms with Crippen LogP contribution >= 0.6 is 11.3 Å². The molecule has 0 aliphatic carbocycles. The summed E-state index contributed by atoms with van der Waals surface area (Å²) in [4.78, 5) is 28.1. The molecule has 0 radical (unpaired) electrons. The number of rotatable bonds is 5. The van der Waals surface area contributed by atoms with Crippen molar-refractivity contribution < 1.29 is 14.3 Å². The smallest absolute Gasteiger partial charge is 0.222 e. The second-order valence-electron chi connectivity index (χ2n) is 7.89. The molecule has 1 N–H and O–H groups in total. The predicted molar refractivity (Wildman–Crippen MR) is 115 cm³/mol. The van der Waals surface area contributed by atoms with E-state index in [9.17, 15) is 9.59 Å². The highest BCUT2D eigenvalue weighted by molar-refractivity contribution is 7.15. The van der Waals surface area contributed by atoms with Crippen molar-refractivity contribution in [2.24, 2.45) is 0 Å². The number of benzene rings is 1. The lowest BCUT2D eigenvalue weighted by Gasteiger charge is -2.43. The van der Waals surface area contributed by atoms with Gasteiger partial charge in [0.25, 0.3) is 0 Å². The molecule has 2 aliphatic heterocycles. The van der Waals surface area contributed by atoms with Gasteiger partial charge in [-0.15, -0.1) is 11.3 Å². The summed E-state index contributed by atoms with van der Waals surface area (Å²) in [5.74, 6) is 0.130. The highest BCUT2D eigenvalue weighted by Gasteiger charge is 2.43. The van der Waals surface area contributed by atoms with Gasteiger partial charge in [-0.3, -0.25) is 9.59 Å². The van der Waals surface area contributed by atoms with Gasteiger partial charge in [-0.05, 0) is 42.9 Å². The zero-order chi connectivity index (χ0) is 20.3. The van der Waals surface area contributed by atoms with Crippen LogP contribution in [-0.2, 0) is 26.3 Å². The fourth-order valence-corrected chi connectivity index (χ4v) is 5.73. The van der Waals surface area contributed by atoms with Gasteiger partial charge < -0.3 is 15.0 Å². The maximum atomic E-state index is 12.5. The molecule has 1 fully saturated rings. The number of likely N-dealkylation sites (tertiary alicyclic amines) is 1. The number of nitrogens with zero attached hydrogens (tertiary/aromatic N) is 1. The van der Waals surface area contributed by atoms with Gasteiger partial charge >= 0.3 is 0 Å². The van der Waals surface area contributed by atoms with Crippen LogP contribution in [0, 0.1) is 0 Å². The number of nitrogens with one attached hydrogen (secondary N) is 1. The summed E-state index contributed by atoms with van der Waals surface area (Å²) in [7, 11) is 0. The largest absolute Gasteiger partial charge is 0.369 e. The molecule has 2 aromatic rings. The minimum Gasteiger partial charge on any atom is -0.369 e. The van der Waals surface area contributed by atoms with E-state index in [4.69, 9.17) is 4.74 Å². The second-order valence-corrected chi connectivity index (χ2v) is 8.94. The van der Waals surface area contributed by atoms with Crippen LogP contribution in [0.4, 0.5) is 0 Å². The molecule has 1 aromatic heterocycles. The molecule has 4 rings (SSSR count). The Morgan fingerprint density at radius 1 is 1.21 bits per heavy atom. The normalized spacial score (nSPS) is 17.8. The zero-order valence-electron chi connectivity index (χ0n) is 16.9. The van der Waals surface area contributed by atoms with Crippen LogP contribution in [0.15, 0.2) is 36.4 Å². The molecule has 5 nitrogen and oxygen atoms in total. The Kier molecular flexibility index (Phi) is 6.01. The second kappa shape index (κ2) is 8.67. The van der Waals surface area contributed by atoms with Crippen LogP contribution in [-0.4, -0.2) is 43.0 Å². The number of carbonyl (C=O) groups is 2. The number of carbonyl (C=O) groups excluding carboxylic acids is 2. The monoisotopic (exact) mass is 412 g/mol. The summed E-state index contributed by atoms with van der Waals surface area (Å²) in [6, 6.07) is 12.9. The summed E-state index contributed by atoms with van der Waals surface area (Å²) < 4.78 is 6.36. The Bertz CT molecular complexity index is 870. The van der Waals surface area contributed by atoms with E-state index in [0.29, 0.717) is 19.4 Å². The molecule has 0 unspecified atom stereocenters. The van der Waals surface area contributed by atoms with E-state index in [1.54, 1.807) is 0 Å². The molecule has 29 heavy (non-hydrogen) atoms. The first-order valence-electron chi connectivity index (χ1n) is 10.4. The van der Waals surface area contributed by atoms with E-state index in [0.717, 1.165) is 39.0 Å². The summed E-state index contributed by atoms with van der Waals surface area (Å²) in [5, 5.41) is 2.75. The maximum Gasteiger partial charge on any atom is 0.222 e. The number of hydrogen-bond donors (Lipinski definition) is 1. The van der Waals surface area contributed by atoms with Gasteiger partial charge in [0.05, 0.1) is 6.61 Å². The first kappa shape index (κ1) is 20.1. The Balaban J connectivity index is 1.41. The SMILES string of the molecule is CC(=O)NCCCC(=O)N1CCC2(CC1)OCCc1cc(-c3ccccc3)sc12. The van der Waals surface area contributed by atoms with Crippen LogP contribution in [0.1, 0.15) is 43.0 Å². The van der Waals surface area contributed by atoms with E-state index in [-0.39, 0.29) is 17.4 Å². The van der Waals surface area contributed by atoms with Crippen molar-refractivity contribution in [2.45, 2.75) is 44.6 Å². The molecule has 3 heterocycles. The lowest BCUT2D eigenvalue weighted by molar-refractivity contribution is -0.140. The summed E-state index contributed by atoms with van der Waals surface area (Å²) in [6.45, 7) is 4.28. The molecule has 1 spiro atoms. The Morgan fingerprint density at radius 2 is 1.97 bits per heavy atom. The molecule has 1 saturated heterocycles. The minimum atomic E-state index is -0.238. The molecule has 154 valence electrons. The topological polar surface area (TPSA) is 58.6 Å². The van der Waals surface area contributed by atoms with E-state index in [1.165, 1.54) is 27.8 Å². The van der Waals surface area contributed by atoms with Crippen molar-refractivity contribution in [3.8, 4) is 10.4 Å². The Morgan fingerprint density at radius 3 is 2.69 bits per heavy atom. The van der Waals surface area contributed by atoms with E-state index >= 15 is 0 Å². The van der Waals surface area contributed by atoms with Gasteiger partial charge in [0.15, 0.2) is 0 Å². The molecular weight excluding hydrogens is 384 g/mol. The average molecular weight is 413 g/mol. The van der Waals surface area contributed by atoms with Gasteiger partial charge in [0.2, 0.25) is 11.8 Å². The zero-order valence-corrected chi connectivity index (χ0v) is 17.7. The van der Waals surface area contributed by atoms with Gasteiger partial charge in [-0.25, -0.2) is 0 Å². The molecular formula is C23H28N2O3S. The summed E-state index contributed by atoms with van der Waals surface area (Å²) in [5.41, 5.74) is 2.43. The van der Waals surface area contributed by atoms with Gasteiger partial charge in [-0.2, -0.15) is 0 Å². The van der Waals surface area contributed by atoms with E-state index in [1.807, 2.05) is 22.3 Å². The Hall–Kier alpha value is -2.18. The molecule has 0 saturated carbocycles. The van der Waals surface area contributed by atoms with Crippen LogP contribution < -0.4 is 5.32 Å². The number of amides is 2. The van der Waals surface area contributed by atoms with Gasteiger partial charge in [-0.1, -0.05) is 30.3 Å². The van der Waals surface area contributed by atoms with Crippen molar-refractivity contribution in [3.63, 3.8) is 0 Å². The van der Waals surface area contributed by atoms with E-state index in [2.05, 4.69) is 35.6 Å². The van der Waals surface area contributed by atoms with Crippen molar-refractivity contribution in [1.29, 1.82) is 0 Å². The lowest BCUT2D eigenvalue weighted by atomic mass is 9.85. The lowest BCUT2D eigenvalue weighted by Crippen LogP contribution is -2.47. The van der Waals surface area contributed by atoms with Crippen LogP contribution in [0.25, 0.3) is 10.4 Å². The third kappa shape index (κ3) is 4.38. The highest BCUT2D eigenvalue weighted by Crippen LogP contribution is 2.47. The molecule has 6 heteroatoms. The number of hydrogen-bond acceptors (Lipinski definition) is 4. The van der Waals surface area contributed by atoms with Crippen molar-refractivity contribution in [1.82, 2.24) is 10.2 Å². The standard InChI is InChI=1S/C23H28N2O3S/c1-17(26)24-12-5-8-21(27)25-13-10-23(11-14-25)22-19(9-15-28-23)16-20(29-22)18-6-3-2-4-7-18/h2-4,6-7,16H,5,8-15H2,1H3,(H,24,26). The molecule has 0 bridgehead atoms. The van der Waals surface area contributed by atoms with Gasteiger partial charge in [0.1, 0.15) is 5.60 Å². The highest BCUT2D eigenvalue weighted by atomic mass is 32.1. The van der Waals surface area contributed by atoms with Crippen molar-refractivity contribution in [3.05, 3.63) is 46.8 Å².